The number of amides is 2. The number of piperidine rings is 1. The van der Waals surface area contributed by atoms with Gasteiger partial charge < -0.3 is 10.6 Å². The van der Waals surface area contributed by atoms with Crippen LogP contribution >= 0.6 is 11.3 Å². The van der Waals surface area contributed by atoms with Crippen LogP contribution in [-0.2, 0) is 5.41 Å². The SMILES string of the molecule is CC(C)(C)c1cnc(NC(=O)N2CCCC(c3ccnc(N)n3)C2)s1. The number of rotatable bonds is 2. The second kappa shape index (κ2) is 6.95. The number of hydrogen-bond donors (Lipinski definition) is 2. The molecule has 0 spiro atoms. The molecule has 1 aliphatic rings. The van der Waals surface area contributed by atoms with Gasteiger partial charge >= 0.3 is 6.03 Å². The molecule has 1 unspecified atom stereocenters. The van der Waals surface area contributed by atoms with Crippen molar-refractivity contribution in [2.75, 3.05) is 24.1 Å². The molecule has 0 saturated carbocycles. The highest BCUT2D eigenvalue weighted by molar-refractivity contribution is 7.15. The highest BCUT2D eigenvalue weighted by atomic mass is 32.1. The normalized spacial score (nSPS) is 18.2. The second-order valence-electron chi connectivity index (χ2n) is 7.33. The van der Waals surface area contributed by atoms with E-state index >= 15 is 0 Å². The van der Waals surface area contributed by atoms with E-state index in [1.54, 1.807) is 6.20 Å². The van der Waals surface area contributed by atoms with Crippen molar-refractivity contribution in [3.05, 3.63) is 29.0 Å². The van der Waals surface area contributed by atoms with Crippen LogP contribution in [0.3, 0.4) is 0 Å². The third-order valence-electron chi connectivity index (χ3n) is 4.28. The molecular formula is C17H24N6OS. The van der Waals surface area contributed by atoms with E-state index in [4.69, 9.17) is 5.73 Å². The van der Waals surface area contributed by atoms with Gasteiger partial charge in [-0.15, -0.1) is 11.3 Å². The van der Waals surface area contributed by atoms with Crippen LogP contribution in [-0.4, -0.2) is 39.0 Å². The third-order valence-corrected chi connectivity index (χ3v) is 5.62. The Balaban J connectivity index is 1.65. The number of thiazole rings is 1. The lowest BCUT2D eigenvalue weighted by Gasteiger charge is -2.32. The summed E-state index contributed by atoms with van der Waals surface area (Å²) < 4.78 is 0. The summed E-state index contributed by atoms with van der Waals surface area (Å²) >= 11 is 1.52. The van der Waals surface area contributed by atoms with E-state index in [0.29, 0.717) is 11.7 Å². The Hall–Kier alpha value is -2.22. The van der Waals surface area contributed by atoms with Crippen molar-refractivity contribution in [1.29, 1.82) is 0 Å². The molecule has 2 aromatic heterocycles. The van der Waals surface area contributed by atoms with E-state index in [1.165, 1.54) is 11.3 Å². The summed E-state index contributed by atoms with van der Waals surface area (Å²) in [6.45, 7) is 7.76. The molecule has 3 N–H and O–H groups in total. The first-order valence-corrected chi connectivity index (χ1v) is 9.25. The van der Waals surface area contributed by atoms with E-state index in [-0.39, 0.29) is 23.3 Å². The summed E-state index contributed by atoms with van der Waals surface area (Å²) in [7, 11) is 0. The van der Waals surface area contributed by atoms with Crippen molar-refractivity contribution in [2.24, 2.45) is 0 Å². The first-order chi connectivity index (χ1) is 11.8. The van der Waals surface area contributed by atoms with Gasteiger partial charge in [-0.05, 0) is 24.3 Å². The monoisotopic (exact) mass is 360 g/mol. The fourth-order valence-corrected chi connectivity index (χ4v) is 3.73. The standard InChI is InChI=1S/C17H24N6OS/c1-17(2,3)13-9-20-15(25-13)22-16(24)23-8-4-5-11(10-23)12-6-7-19-14(18)21-12/h6-7,9,11H,4-5,8,10H2,1-3H3,(H2,18,19,21)(H,20,22,24). The summed E-state index contributed by atoms with van der Waals surface area (Å²) in [5.74, 6) is 0.461. The maximum atomic E-state index is 12.6. The Kier molecular flexibility index (Phi) is 4.89. The van der Waals surface area contributed by atoms with Crippen molar-refractivity contribution < 1.29 is 4.79 Å². The Morgan fingerprint density at radius 3 is 2.88 bits per heavy atom. The molecule has 0 radical (unpaired) electrons. The Morgan fingerprint density at radius 1 is 1.40 bits per heavy atom. The molecule has 1 saturated heterocycles. The zero-order chi connectivity index (χ0) is 18.0. The Bertz CT molecular complexity index is 754. The van der Waals surface area contributed by atoms with Crippen molar-refractivity contribution >= 4 is 28.4 Å². The molecule has 25 heavy (non-hydrogen) atoms. The van der Waals surface area contributed by atoms with Gasteiger partial charge in [0.2, 0.25) is 5.95 Å². The molecule has 3 heterocycles. The second-order valence-corrected chi connectivity index (χ2v) is 8.37. The molecule has 8 heteroatoms. The number of nitrogens with two attached hydrogens (primary N) is 1. The summed E-state index contributed by atoms with van der Waals surface area (Å²) in [6, 6.07) is 1.76. The van der Waals surface area contributed by atoms with Crippen LogP contribution in [0.15, 0.2) is 18.5 Å². The average molecular weight is 360 g/mol. The van der Waals surface area contributed by atoms with E-state index in [9.17, 15) is 4.79 Å². The fourth-order valence-electron chi connectivity index (χ4n) is 2.87. The molecule has 1 aliphatic heterocycles. The number of carbonyl (C=O) groups excluding carboxylic acids is 1. The van der Waals surface area contributed by atoms with E-state index in [1.807, 2.05) is 17.2 Å². The highest BCUT2D eigenvalue weighted by Crippen LogP contribution is 2.31. The molecule has 1 fully saturated rings. The van der Waals surface area contributed by atoms with Crippen LogP contribution in [0.25, 0.3) is 0 Å². The van der Waals surface area contributed by atoms with Crippen LogP contribution in [0.1, 0.15) is 50.1 Å². The van der Waals surface area contributed by atoms with Gasteiger partial charge in [0.1, 0.15) is 0 Å². The van der Waals surface area contributed by atoms with Crippen molar-refractivity contribution in [2.45, 2.75) is 44.9 Å². The number of nitrogen functional groups attached to an aromatic ring is 1. The van der Waals surface area contributed by atoms with Gasteiger partial charge in [0.05, 0.1) is 5.69 Å². The largest absolute Gasteiger partial charge is 0.368 e. The van der Waals surface area contributed by atoms with E-state index < -0.39 is 0 Å². The number of urea groups is 1. The minimum absolute atomic E-state index is 0.0316. The van der Waals surface area contributed by atoms with Crippen molar-refractivity contribution in [3.8, 4) is 0 Å². The summed E-state index contributed by atoms with van der Waals surface area (Å²) in [4.78, 5) is 28.1. The average Bonchev–Trinajstić information content (AvgIpc) is 3.04. The zero-order valence-corrected chi connectivity index (χ0v) is 15.6. The van der Waals surface area contributed by atoms with Gasteiger partial charge in [0, 0.05) is 36.3 Å². The van der Waals surface area contributed by atoms with Gasteiger partial charge in [-0.2, -0.15) is 0 Å². The maximum absolute atomic E-state index is 12.6. The maximum Gasteiger partial charge on any atom is 0.323 e. The van der Waals surface area contributed by atoms with Crippen LogP contribution in [0.4, 0.5) is 15.9 Å². The molecule has 1 atom stereocenters. The Morgan fingerprint density at radius 2 is 2.20 bits per heavy atom. The van der Waals surface area contributed by atoms with Crippen LogP contribution in [0.2, 0.25) is 0 Å². The van der Waals surface area contributed by atoms with Gasteiger partial charge in [-0.25, -0.2) is 19.7 Å². The van der Waals surface area contributed by atoms with Crippen LogP contribution < -0.4 is 11.1 Å². The number of nitrogens with zero attached hydrogens (tertiary/aromatic N) is 4. The van der Waals surface area contributed by atoms with Gasteiger partial charge in [0.25, 0.3) is 0 Å². The molecule has 2 amide bonds. The summed E-state index contributed by atoms with van der Waals surface area (Å²) in [5.41, 5.74) is 6.61. The van der Waals surface area contributed by atoms with Gasteiger partial charge in [-0.3, -0.25) is 5.32 Å². The number of aromatic nitrogens is 3. The highest BCUT2D eigenvalue weighted by Gasteiger charge is 2.26. The summed E-state index contributed by atoms with van der Waals surface area (Å²) in [5, 5.41) is 3.57. The smallest absolute Gasteiger partial charge is 0.323 e. The lowest BCUT2D eigenvalue weighted by Crippen LogP contribution is -2.41. The van der Waals surface area contributed by atoms with Crippen molar-refractivity contribution in [3.63, 3.8) is 0 Å². The predicted octanol–water partition coefficient (Wildman–Crippen LogP) is 3.22. The molecule has 0 aliphatic carbocycles. The molecule has 2 aromatic rings. The molecule has 0 bridgehead atoms. The van der Waals surface area contributed by atoms with Crippen molar-refractivity contribution in [1.82, 2.24) is 19.9 Å². The summed E-state index contributed by atoms with van der Waals surface area (Å²) in [6.07, 6.45) is 5.43. The van der Waals surface area contributed by atoms with Gasteiger partial charge in [0.15, 0.2) is 5.13 Å². The van der Waals surface area contributed by atoms with Crippen LogP contribution in [0.5, 0.6) is 0 Å². The van der Waals surface area contributed by atoms with E-state index in [2.05, 4.69) is 41.0 Å². The minimum atomic E-state index is -0.110. The van der Waals surface area contributed by atoms with Gasteiger partial charge in [-0.1, -0.05) is 20.8 Å². The zero-order valence-electron chi connectivity index (χ0n) is 14.8. The Labute approximate surface area is 151 Å². The first kappa shape index (κ1) is 17.6. The fraction of sp³-hybridized carbons (Fsp3) is 0.529. The van der Waals surface area contributed by atoms with Crippen LogP contribution in [0, 0.1) is 0 Å². The number of likely N-dealkylation sites (tertiary alicyclic amines) is 1. The molecule has 7 nitrogen and oxygen atoms in total. The third kappa shape index (κ3) is 4.25. The molecule has 134 valence electrons. The number of anilines is 2. The lowest BCUT2D eigenvalue weighted by atomic mass is 9.95. The quantitative estimate of drug-likeness (QED) is 0.857. The molecular weight excluding hydrogens is 336 g/mol. The molecule has 3 rings (SSSR count). The minimum Gasteiger partial charge on any atom is -0.368 e. The molecule has 0 aromatic carbocycles. The topological polar surface area (TPSA) is 97.0 Å². The number of carbonyl (C=O) groups is 1. The lowest BCUT2D eigenvalue weighted by molar-refractivity contribution is 0.192. The number of hydrogen-bond acceptors (Lipinski definition) is 6. The first-order valence-electron chi connectivity index (χ1n) is 8.43. The predicted molar refractivity (Wildman–Crippen MR) is 99.8 cm³/mol. The number of nitrogens with one attached hydrogen (secondary N) is 1. The van der Waals surface area contributed by atoms with E-state index in [0.717, 1.165) is 30.0 Å².